The molecule has 0 fully saturated rings. The van der Waals surface area contributed by atoms with Crippen molar-refractivity contribution < 1.29 is 37.6 Å². The Morgan fingerprint density at radius 2 is 1.70 bits per heavy atom. The second-order valence-electron chi connectivity index (χ2n) is 5.87. The molecule has 1 heterocycles. The second kappa shape index (κ2) is 9.07. The molecule has 0 radical (unpaired) electrons. The molecule has 160 valence electrons. The minimum Gasteiger partial charge on any atom is -0.465 e. The highest BCUT2D eigenvalue weighted by molar-refractivity contribution is 5.99. The molecule has 0 unspecified atom stereocenters. The van der Waals surface area contributed by atoms with E-state index in [4.69, 9.17) is 0 Å². The maximum absolute atomic E-state index is 13.0. The van der Waals surface area contributed by atoms with Gasteiger partial charge in [0.2, 0.25) is 11.6 Å². The number of anilines is 1. The number of nitrogens with one attached hydrogen (secondary N) is 1. The fourth-order valence-corrected chi connectivity index (χ4v) is 2.59. The normalized spacial score (nSPS) is 10.6. The number of rotatable bonds is 7. The van der Waals surface area contributed by atoms with E-state index in [9.17, 15) is 33.3 Å². The predicted octanol–water partition coefficient (Wildman–Crippen LogP) is 2.25. The van der Waals surface area contributed by atoms with Gasteiger partial charge in [-0.15, -0.1) is 0 Å². The van der Waals surface area contributed by atoms with Gasteiger partial charge in [0.1, 0.15) is 12.2 Å². The number of amides is 1. The van der Waals surface area contributed by atoms with E-state index in [1.54, 1.807) is 0 Å². The summed E-state index contributed by atoms with van der Waals surface area (Å²) in [6.07, 6.45) is -3.20. The van der Waals surface area contributed by atoms with E-state index in [-0.39, 0.29) is 22.5 Å². The maximum atomic E-state index is 13.0. The van der Waals surface area contributed by atoms with Gasteiger partial charge in [-0.05, 0) is 25.1 Å². The Kier molecular flexibility index (Phi) is 6.77. The van der Waals surface area contributed by atoms with Crippen LogP contribution in [0.3, 0.4) is 0 Å². The topological polar surface area (TPSA) is 143 Å². The number of halogens is 2. The summed E-state index contributed by atoms with van der Waals surface area (Å²) < 4.78 is 35.9. The number of nitro groups is 1. The molecule has 0 saturated carbocycles. The van der Waals surface area contributed by atoms with Crippen molar-refractivity contribution in [2.45, 2.75) is 19.9 Å². The Labute approximate surface area is 167 Å². The van der Waals surface area contributed by atoms with E-state index < -0.39 is 47.1 Å². The van der Waals surface area contributed by atoms with Crippen molar-refractivity contribution in [2.75, 3.05) is 19.5 Å². The maximum Gasteiger partial charge on any atom is 0.337 e. The number of hydrogen-bond acceptors (Lipinski definition) is 8. The van der Waals surface area contributed by atoms with Crippen LogP contribution in [0.4, 0.5) is 20.2 Å². The molecule has 2 aromatic rings. The predicted molar refractivity (Wildman–Crippen MR) is 96.3 cm³/mol. The number of carbonyl (C=O) groups excluding carboxylic acids is 3. The number of aromatic nitrogens is 2. The molecular weight excluding hydrogens is 410 g/mol. The van der Waals surface area contributed by atoms with E-state index >= 15 is 0 Å². The lowest BCUT2D eigenvalue weighted by Crippen LogP contribution is -2.21. The molecule has 13 heteroatoms. The molecule has 0 aliphatic carbocycles. The average Bonchev–Trinajstić information content (AvgIpc) is 3.02. The number of hydrogen-bond donors (Lipinski definition) is 1. The molecule has 0 aliphatic rings. The average molecular weight is 426 g/mol. The fourth-order valence-electron chi connectivity index (χ4n) is 2.59. The Balaban J connectivity index is 2.32. The third-order valence-corrected chi connectivity index (χ3v) is 3.94. The molecule has 2 rings (SSSR count). The first-order chi connectivity index (χ1) is 14.1. The first-order valence-corrected chi connectivity index (χ1v) is 8.20. The van der Waals surface area contributed by atoms with Gasteiger partial charge in [-0.1, -0.05) is 0 Å². The highest BCUT2D eigenvalue weighted by Crippen LogP contribution is 2.30. The Hall–Kier alpha value is -3.90. The number of carbonyl (C=O) groups is 3. The van der Waals surface area contributed by atoms with Crippen molar-refractivity contribution in [3.8, 4) is 0 Å². The fraction of sp³-hybridized carbons (Fsp3) is 0.294. The van der Waals surface area contributed by atoms with E-state index in [2.05, 4.69) is 19.9 Å². The summed E-state index contributed by atoms with van der Waals surface area (Å²) in [7, 11) is 2.25. The van der Waals surface area contributed by atoms with Crippen LogP contribution in [0.1, 0.15) is 38.5 Å². The summed E-state index contributed by atoms with van der Waals surface area (Å²) in [5.41, 5.74) is -2.26. The quantitative estimate of drug-likeness (QED) is 0.403. The van der Waals surface area contributed by atoms with Crippen molar-refractivity contribution in [3.63, 3.8) is 0 Å². The van der Waals surface area contributed by atoms with E-state index in [1.165, 1.54) is 25.1 Å². The lowest BCUT2D eigenvalue weighted by atomic mass is 10.1. The van der Waals surface area contributed by atoms with Gasteiger partial charge in [-0.3, -0.25) is 19.6 Å². The highest BCUT2D eigenvalue weighted by Gasteiger charge is 2.31. The summed E-state index contributed by atoms with van der Waals surface area (Å²) >= 11 is 0. The molecule has 1 aromatic heterocycles. The molecule has 1 N–H and O–H groups in total. The monoisotopic (exact) mass is 426 g/mol. The number of nitrogens with zero attached hydrogens (tertiary/aromatic N) is 3. The van der Waals surface area contributed by atoms with Gasteiger partial charge in [0.15, 0.2) is 0 Å². The standard InChI is InChI=1S/C17H16F2N4O7/c1-8-14(23(27)28)13(15(18)19)21-22(8)7-12(24)20-11-5-9(16(25)29-2)4-10(6-11)17(26)30-3/h4-6,15H,7H2,1-3H3,(H,20,24). The molecule has 1 amide bonds. The van der Waals surface area contributed by atoms with Crippen LogP contribution in [0, 0.1) is 17.0 Å². The summed E-state index contributed by atoms with van der Waals surface area (Å²) in [5.74, 6) is -2.36. The molecule has 30 heavy (non-hydrogen) atoms. The van der Waals surface area contributed by atoms with E-state index in [1.807, 2.05) is 0 Å². The van der Waals surface area contributed by atoms with Crippen LogP contribution in [-0.2, 0) is 20.8 Å². The summed E-state index contributed by atoms with van der Waals surface area (Å²) in [6, 6.07) is 3.64. The summed E-state index contributed by atoms with van der Waals surface area (Å²) in [4.78, 5) is 45.9. The van der Waals surface area contributed by atoms with Crippen molar-refractivity contribution in [1.29, 1.82) is 0 Å². The van der Waals surface area contributed by atoms with Crippen molar-refractivity contribution in [3.05, 3.63) is 50.8 Å². The number of ether oxygens (including phenoxy) is 2. The first kappa shape index (κ1) is 22.4. The minimum atomic E-state index is -3.20. The molecule has 11 nitrogen and oxygen atoms in total. The van der Waals surface area contributed by atoms with Crippen LogP contribution >= 0.6 is 0 Å². The first-order valence-electron chi connectivity index (χ1n) is 8.20. The molecule has 0 saturated heterocycles. The van der Waals surface area contributed by atoms with Crippen molar-refractivity contribution in [2.24, 2.45) is 0 Å². The SMILES string of the molecule is COC(=O)c1cc(NC(=O)Cn2nc(C(F)F)c([N+](=O)[O-])c2C)cc(C(=O)OC)c1. The van der Waals surface area contributed by atoms with Gasteiger partial charge < -0.3 is 14.8 Å². The van der Waals surface area contributed by atoms with Crippen molar-refractivity contribution in [1.82, 2.24) is 9.78 Å². The number of esters is 2. The zero-order valence-electron chi connectivity index (χ0n) is 16.0. The molecule has 0 aliphatic heterocycles. The van der Waals surface area contributed by atoms with Crippen LogP contribution in [-0.4, -0.2) is 46.8 Å². The Morgan fingerprint density at radius 3 is 2.10 bits per heavy atom. The smallest absolute Gasteiger partial charge is 0.337 e. The van der Waals surface area contributed by atoms with Gasteiger partial charge in [0, 0.05) is 5.69 Å². The van der Waals surface area contributed by atoms with Crippen LogP contribution < -0.4 is 5.32 Å². The second-order valence-corrected chi connectivity index (χ2v) is 5.87. The van der Waals surface area contributed by atoms with Gasteiger partial charge in [0.05, 0.1) is 30.3 Å². The van der Waals surface area contributed by atoms with Crippen LogP contribution in [0.15, 0.2) is 18.2 Å². The summed E-state index contributed by atoms with van der Waals surface area (Å²) in [6.45, 7) is 0.549. The zero-order chi connectivity index (χ0) is 22.6. The van der Waals surface area contributed by atoms with Gasteiger partial charge in [0.25, 0.3) is 6.43 Å². The third-order valence-electron chi connectivity index (χ3n) is 3.94. The van der Waals surface area contributed by atoms with Crippen LogP contribution in [0.5, 0.6) is 0 Å². The summed E-state index contributed by atoms with van der Waals surface area (Å²) in [5, 5.41) is 16.8. The van der Waals surface area contributed by atoms with Crippen LogP contribution in [0.2, 0.25) is 0 Å². The third kappa shape index (κ3) is 4.74. The lowest BCUT2D eigenvalue weighted by Gasteiger charge is -2.10. The Morgan fingerprint density at radius 1 is 1.17 bits per heavy atom. The minimum absolute atomic E-state index is 0.0108. The number of methoxy groups -OCH3 is 2. The molecule has 0 bridgehead atoms. The number of alkyl halides is 2. The molecule has 0 spiro atoms. The van der Waals surface area contributed by atoms with Gasteiger partial charge in [-0.25, -0.2) is 18.4 Å². The van der Waals surface area contributed by atoms with Crippen molar-refractivity contribution >= 4 is 29.2 Å². The van der Waals surface area contributed by atoms with Crippen LogP contribution in [0.25, 0.3) is 0 Å². The van der Waals surface area contributed by atoms with Gasteiger partial charge in [-0.2, -0.15) is 5.10 Å². The molecular formula is C17H16F2N4O7. The largest absolute Gasteiger partial charge is 0.465 e. The molecule has 1 aromatic carbocycles. The van der Waals surface area contributed by atoms with Gasteiger partial charge >= 0.3 is 17.6 Å². The van der Waals surface area contributed by atoms with E-state index in [0.717, 1.165) is 18.9 Å². The highest BCUT2D eigenvalue weighted by atomic mass is 19.3. The zero-order valence-corrected chi connectivity index (χ0v) is 16.0. The number of benzene rings is 1. The lowest BCUT2D eigenvalue weighted by molar-refractivity contribution is -0.386. The Bertz CT molecular complexity index is 986. The van der Waals surface area contributed by atoms with E-state index in [0.29, 0.717) is 0 Å². The molecule has 0 atom stereocenters.